The van der Waals surface area contributed by atoms with E-state index in [2.05, 4.69) is 36.2 Å². The minimum Gasteiger partial charge on any atom is -0.491 e. The highest BCUT2D eigenvalue weighted by Crippen LogP contribution is 2.35. The molecule has 2 aromatic heterocycles. The first-order chi connectivity index (χ1) is 20.5. The predicted molar refractivity (Wildman–Crippen MR) is 173 cm³/mol. The molecule has 43 heavy (non-hydrogen) atoms. The fourth-order valence-electron chi connectivity index (χ4n) is 4.71. The molecule has 9 nitrogen and oxygen atoms in total. The number of benzene rings is 2. The van der Waals surface area contributed by atoms with E-state index in [0.717, 1.165) is 27.9 Å². The molecule has 226 valence electrons. The second kappa shape index (κ2) is 13.9. The highest BCUT2D eigenvalue weighted by molar-refractivity contribution is 6.09. The maximum Gasteiger partial charge on any atom is 0.290 e. The molecule has 0 saturated heterocycles. The van der Waals surface area contributed by atoms with Crippen LogP contribution in [0.5, 0.6) is 5.75 Å². The second-order valence-electron chi connectivity index (χ2n) is 10.9. The van der Waals surface area contributed by atoms with E-state index >= 15 is 0 Å². The maximum absolute atomic E-state index is 13.7. The summed E-state index contributed by atoms with van der Waals surface area (Å²) in [7, 11) is 1.62. The Balaban J connectivity index is 0.00000121. The van der Waals surface area contributed by atoms with Gasteiger partial charge in [0.2, 0.25) is 0 Å². The molecule has 0 bridgehead atoms. The van der Waals surface area contributed by atoms with Crippen molar-refractivity contribution in [3.63, 3.8) is 0 Å². The monoisotopic (exact) mass is 583 g/mol. The van der Waals surface area contributed by atoms with Gasteiger partial charge in [0, 0.05) is 24.5 Å². The Hall–Kier alpha value is -4.79. The molecular formula is C34H41N5O4. The Morgan fingerprint density at radius 2 is 1.67 bits per heavy atom. The largest absolute Gasteiger partial charge is 0.491 e. The lowest BCUT2D eigenvalue weighted by Gasteiger charge is -2.24. The van der Waals surface area contributed by atoms with Crippen LogP contribution in [0, 0.1) is 13.8 Å². The number of amides is 1. The number of anilines is 3. The van der Waals surface area contributed by atoms with E-state index in [1.165, 1.54) is 4.68 Å². The van der Waals surface area contributed by atoms with Crippen molar-refractivity contribution in [2.75, 3.05) is 23.4 Å². The lowest BCUT2D eigenvalue weighted by atomic mass is 9.86. The molecule has 0 unspecified atom stereocenters. The Morgan fingerprint density at radius 1 is 0.953 bits per heavy atom. The number of hydrogen-bond acceptors (Lipinski definition) is 7. The van der Waals surface area contributed by atoms with Crippen LogP contribution in [0.2, 0.25) is 0 Å². The van der Waals surface area contributed by atoms with Crippen LogP contribution in [0.3, 0.4) is 0 Å². The van der Waals surface area contributed by atoms with Crippen molar-refractivity contribution in [1.82, 2.24) is 14.8 Å². The zero-order valence-electron chi connectivity index (χ0n) is 26.3. The van der Waals surface area contributed by atoms with Gasteiger partial charge in [-0.1, -0.05) is 58.9 Å². The van der Waals surface area contributed by atoms with Crippen molar-refractivity contribution in [1.29, 1.82) is 0 Å². The normalized spacial score (nSPS) is 12.5. The second-order valence-corrected chi connectivity index (χ2v) is 10.9. The molecule has 1 aliphatic rings. The number of hydrogen-bond donors (Lipinski definition) is 1. The van der Waals surface area contributed by atoms with Gasteiger partial charge < -0.3 is 19.7 Å². The maximum atomic E-state index is 13.7. The number of carbonyl (C=O) groups is 2. The summed E-state index contributed by atoms with van der Waals surface area (Å²) in [5.74, 6) is 1.08. The molecule has 0 radical (unpaired) electrons. The van der Waals surface area contributed by atoms with Gasteiger partial charge in [0.15, 0.2) is 0 Å². The number of aryl methyl sites for hydroxylation is 2. The third-order valence-corrected chi connectivity index (χ3v) is 7.00. The molecule has 4 aromatic rings. The lowest BCUT2D eigenvalue weighted by Crippen LogP contribution is -2.33. The summed E-state index contributed by atoms with van der Waals surface area (Å²) in [6.07, 6.45) is 1.74. The van der Waals surface area contributed by atoms with Crippen LogP contribution in [0.15, 0.2) is 65.6 Å². The van der Waals surface area contributed by atoms with Crippen LogP contribution in [0.1, 0.15) is 61.7 Å². The average molecular weight is 584 g/mol. The summed E-state index contributed by atoms with van der Waals surface area (Å²) in [6, 6.07) is 17.1. The number of aromatic nitrogens is 3. The Kier molecular flexibility index (Phi) is 10.6. The van der Waals surface area contributed by atoms with Crippen molar-refractivity contribution in [2.24, 2.45) is 7.05 Å². The van der Waals surface area contributed by atoms with Crippen LogP contribution in [-0.2, 0) is 17.3 Å². The van der Waals surface area contributed by atoms with Crippen LogP contribution in [-0.4, -0.2) is 40.6 Å². The van der Waals surface area contributed by atoms with E-state index in [-0.39, 0.29) is 16.9 Å². The van der Waals surface area contributed by atoms with Gasteiger partial charge in [-0.3, -0.25) is 9.59 Å². The number of nitrogens with zero attached hydrogens (tertiary/aromatic N) is 4. The zero-order chi connectivity index (χ0) is 31.9. The smallest absolute Gasteiger partial charge is 0.290 e. The lowest BCUT2D eigenvalue weighted by molar-refractivity contribution is -0.0980. The molecular weight excluding hydrogens is 542 g/mol. The van der Waals surface area contributed by atoms with Crippen molar-refractivity contribution >= 4 is 29.9 Å². The highest BCUT2D eigenvalue weighted by Gasteiger charge is 2.28. The van der Waals surface area contributed by atoms with E-state index in [1.807, 2.05) is 83.0 Å². The predicted octanol–water partition coefficient (Wildman–Crippen LogP) is 6.38. The summed E-state index contributed by atoms with van der Waals surface area (Å²) in [5, 5.41) is 7.65. The van der Waals surface area contributed by atoms with Crippen LogP contribution < -0.4 is 20.5 Å². The molecule has 0 saturated carbocycles. The van der Waals surface area contributed by atoms with Crippen LogP contribution in [0.25, 0.3) is 11.3 Å². The topological polar surface area (TPSA) is 106 Å². The third kappa shape index (κ3) is 7.17. The van der Waals surface area contributed by atoms with E-state index in [9.17, 15) is 9.59 Å². The summed E-state index contributed by atoms with van der Waals surface area (Å²) < 4.78 is 7.35. The van der Waals surface area contributed by atoms with Gasteiger partial charge in [0.25, 0.3) is 11.5 Å². The first-order valence-electron chi connectivity index (χ1n) is 14.3. The average Bonchev–Trinajstić information content (AvgIpc) is 3.16. The number of carbonyl (C=O) groups excluding carboxylic acids is 2. The number of fused-ring (bicyclic) bond motifs is 1. The molecule has 5 rings (SSSR count). The van der Waals surface area contributed by atoms with Crippen LogP contribution >= 0.6 is 0 Å². The van der Waals surface area contributed by atoms with E-state index < -0.39 is 0 Å². The Bertz CT molecular complexity index is 1640. The van der Waals surface area contributed by atoms with E-state index in [1.54, 1.807) is 24.2 Å². The van der Waals surface area contributed by atoms with E-state index in [0.29, 0.717) is 41.7 Å². The van der Waals surface area contributed by atoms with Gasteiger partial charge in [0.1, 0.15) is 30.7 Å². The third-order valence-electron chi connectivity index (χ3n) is 7.00. The molecule has 0 atom stereocenters. The standard InChI is InChI=1S/C31H33N5O3.C2H6.CH2O/c1-19-10-13-28(32-18-19)33-25-17-24(34-35(6)30(25)38)22-8-7-9-26(20(22)2)36-14-15-39-27-16-21(31(3,4)5)11-12-23(27)29(36)37;2*1-2/h7-13,16-18H,14-15H2,1-6H3,(H,32,33);1-2H3;1H2. The zero-order valence-corrected chi connectivity index (χ0v) is 26.3. The first-order valence-corrected chi connectivity index (χ1v) is 14.3. The highest BCUT2D eigenvalue weighted by atomic mass is 16.5. The number of rotatable bonds is 4. The Morgan fingerprint density at radius 3 is 2.33 bits per heavy atom. The SMILES string of the molecule is C=O.CC.Cc1ccc(Nc2cc(-c3cccc(N4CCOc5cc(C(C)(C)C)ccc5C4=O)c3C)nn(C)c2=O)nc1. The molecule has 0 spiro atoms. The fourth-order valence-corrected chi connectivity index (χ4v) is 4.71. The van der Waals surface area contributed by atoms with Gasteiger partial charge in [0.05, 0.1) is 17.8 Å². The Labute approximate surface area is 253 Å². The summed E-state index contributed by atoms with van der Waals surface area (Å²) in [5.41, 5.74) is 5.84. The molecule has 2 aromatic carbocycles. The van der Waals surface area contributed by atoms with E-state index in [4.69, 9.17) is 9.53 Å². The summed E-state index contributed by atoms with van der Waals surface area (Å²) in [6.45, 7) is 17.1. The van der Waals surface area contributed by atoms with Gasteiger partial charge in [-0.25, -0.2) is 9.67 Å². The van der Waals surface area contributed by atoms with Gasteiger partial charge >= 0.3 is 0 Å². The molecule has 1 aliphatic heterocycles. The van der Waals surface area contributed by atoms with Crippen molar-refractivity contribution in [3.05, 3.63) is 93.4 Å². The molecule has 9 heteroatoms. The van der Waals surface area contributed by atoms with Gasteiger partial charge in [-0.05, 0) is 66.3 Å². The summed E-state index contributed by atoms with van der Waals surface area (Å²) >= 11 is 0. The molecule has 3 heterocycles. The van der Waals surface area contributed by atoms with Crippen LogP contribution in [0.4, 0.5) is 17.2 Å². The quantitative estimate of drug-likeness (QED) is 0.297. The minimum atomic E-state index is -0.263. The number of ether oxygens (including phenoxy) is 1. The first kappa shape index (κ1) is 32.7. The summed E-state index contributed by atoms with van der Waals surface area (Å²) in [4.78, 5) is 40.7. The molecule has 1 N–H and O–H groups in total. The minimum absolute atomic E-state index is 0.0512. The van der Waals surface area contributed by atoms with Crippen molar-refractivity contribution in [3.8, 4) is 17.0 Å². The molecule has 0 aliphatic carbocycles. The number of nitrogens with one attached hydrogen (secondary N) is 1. The fraction of sp³-hybridized carbons (Fsp3) is 0.324. The van der Waals surface area contributed by atoms with Crippen molar-refractivity contribution in [2.45, 2.75) is 53.9 Å². The van der Waals surface area contributed by atoms with Gasteiger partial charge in [-0.2, -0.15) is 5.10 Å². The molecule has 0 fully saturated rings. The van der Waals surface area contributed by atoms with Gasteiger partial charge in [-0.15, -0.1) is 0 Å². The van der Waals surface area contributed by atoms with Crippen molar-refractivity contribution < 1.29 is 14.3 Å². The number of pyridine rings is 1. The molecule has 1 amide bonds.